The van der Waals surface area contributed by atoms with Crippen LogP contribution < -0.4 is 4.74 Å². The van der Waals surface area contributed by atoms with Crippen LogP contribution in [0.2, 0.25) is 0 Å². The summed E-state index contributed by atoms with van der Waals surface area (Å²) in [5, 5.41) is 10.5. The molecule has 1 amide bonds. The molecule has 0 bridgehead atoms. The van der Waals surface area contributed by atoms with Gasteiger partial charge in [-0.1, -0.05) is 0 Å². The van der Waals surface area contributed by atoms with Crippen molar-refractivity contribution in [3.05, 3.63) is 34.1 Å². The molecular weight excluding hydrogens is 267 g/mol. The van der Waals surface area contributed by atoms with Crippen LogP contribution in [-0.4, -0.2) is 35.4 Å². The number of hydrogen-bond acceptors (Lipinski definition) is 4. The molecule has 0 spiro atoms. The van der Waals surface area contributed by atoms with Crippen LogP contribution in [0.15, 0.2) is 18.2 Å². The average molecular weight is 282 g/mol. The first kappa shape index (κ1) is 14.2. The number of ether oxygens (including phenoxy) is 1. The van der Waals surface area contributed by atoms with Crippen LogP contribution in [0.4, 0.5) is 10.1 Å². The monoisotopic (exact) mass is 282 g/mol. The number of nitrogens with zero attached hydrogens (tertiary/aromatic N) is 2. The molecule has 108 valence electrons. The smallest absolute Gasteiger partial charge is 0.305 e. The largest absolute Gasteiger partial charge is 0.484 e. The maximum Gasteiger partial charge on any atom is 0.305 e. The molecular formula is C13H15FN2O4. The number of carbonyl (C=O) groups is 1. The highest BCUT2D eigenvalue weighted by molar-refractivity contribution is 5.77. The van der Waals surface area contributed by atoms with Crippen LogP contribution in [0.3, 0.4) is 0 Å². The quantitative estimate of drug-likeness (QED) is 0.626. The van der Waals surface area contributed by atoms with Crippen LogP contribution in [-0.2, 0) is 4.79 Å². The summed E-state index contributed by atoms with van der Waals surface area (Å²) in [6, 6.07) is 3.22. The van der Waals surface area contributed by atoms with Crippen LogP contribution >= 0.6 is 0 Å². The van der Waals surface area contributed by atoms with Crippen molar-refractivity contribution in [1.82, 2.24) is 4.90 Å². The molecule has 1 aromatic carbocycles. The van der Waals surface area contributed by atoms with E-state index in [1.807, 2.05) is 0 Å². The molecule has 0 atom stereocenters. The predicted molar refractivity (Wildman–Crippen MR) is 69.0 cm³/mol. The molecule has 7 heteroatoms. The topological polar surface area (TPSA) is 72.7 Å². The molecule has 0 N–H and O–H groups in total. The van der Waals surface area contributed by atoms with E-state index in [4.69, 9.17) is 4.74 Å². The number of nitro groups is 1. The number of likely N-dealkylation sites (tertiary alicyclic amines) is 1. The minimum Gasteiger partial charge on any atom is -0.484 e. The van der Waals surface area contributed by atoms with E-state index in [1.54, 1.807) is 4.90 Å². The van der Waals surface area contributed by atoms with Gasteiger partial charge in [0.1, 0.15) is 5.75 Å². The van der Waals surface area contributed by atoms with Gasteiger partial charge in [0.2, 0.25) is 5.82 Å². The summed E-state index contributed by atoms with van der Waals surface area (Å²) in [6.07, 6.45) is 3.09. The molecule has 0 radical (unpaired) electrons. The lowest BCUT2D eigenvalue weighted by Crippen LogP contribution is -2.38. The highest BCUT2D eigenvalue weighted by Crippen LogP contribution is 2.22. The van der Waals surface area contributed by atoms with Gasteiger partial charge < -0.3 is 9.64 Å². The first-order chi connectivity index (χ1) is 9.58. The molecule has 1 fully saturated rings. The van der Waals surface area contributed by atoms with E-state index in [-0.39, 0.29) is 18.3 Å². The second-order valence-corrected chi connectivity index (χ2v) is 4.60. The van der Waals surface area contributed by atoms with Crippen molar-refractivity contribution in [1.29, 1.82) is 0 Å². The number of benzene rings is 1. The third-order valence-corrected chi connectivity index (χ3v) is 3.19. The zero-order valence-corrected chi connectivity index (χ0v) is 10.9. The van der Waals surface area contributed by atoms with E-state index in [0.717, 1.165) is 44.5 Å². The summed E-state index contributed by atoms with van der Waals surface area (Å²) in [5.41, 5.74) is -0.611. The fraction of sp³-hybridized carbons (Fsp3) is 0.462. The second-order valence-electron chi connectivity index (χ2n) is 4.60. The van der Waals surface area contributed by atoms with E-state index in [9.17, 15) is 19.3 Å². The van der Waals surface area contributed by atoms with E-state index in [2.05, 4.69) is 0 Å². The van der Waals surface area contributed by atoms with Gasteiger partial charge in [-0.15, -0.1) is 0 Å². The van der Waals surface area contributed by atoms with Crippen molar-refractivity contribution in [3.63, 3.8) is 0 Å². The SMILES string of the molecule is O=C(COc1ccc([N+](=O)[O-])c(F)c1)N1CCCCC1. The van der Waals surface area contributed by atoms with E-state index >= 15 is 0 Å². The van der Waals surface area contributed by atoms with Gasteiger partial charge in [-0.3, -0.25) is 14.9 Å². The number of nitro benzene ring substituents is 1. The Morgan fingerprint density at radius 3 is 2.65 bits per heavy atom. The maximum atomic E-state index is 13.4. The van der Waals surface area contributed by atoms with Gasteiger partial charge in [-0.05, 0) is 25.3 Å². The Labute approximate surface area is 115 Å². The van der Waals surface area contributed by atoms with Gasteiger partial charge in [0.15, 0.2) is 6.61 Å². The fourth-order valence-electron chi connectivity index (χ4n) is 2.11. The molecule has 0 aliphatic carbocycles. The van der Waals surface area contributed by atoms with E-state index < -0.39 is 16.4 Å². The highest BCUT2D eigenvalue weighted by Gasteiger charge is 2.18. The second kappa shape index (κ2) is 6.31. The average Bonchev–Trinajstić information content (AvgIpc) is 2.45. The Balaban J connectivity index is 1.92. The Hall–Kier alpha value is -2.18. The zero-order chi connectivity index (χ0) is 14.5. The molecule has 2 rings (SSSR count). The first-order valence-corrected chi connectivity index (χ1v) is 6.42. The van der Waals surface area contributed by atoms with Crippen molar-refractivity contribution in [2.75, 3.05) is 19.7 Å². The van der Waals surface area contributed by atoms with Gasteiger partial charge in [0, 0.05) is 25.2 Å². The summed E-state index contributed by atoms with van der Waals surface area (Å²) in [4.78, 5) is 23.2. The molecule has 1 saturated heterocycles. The summed E-state index contributed by atoms with van der Waals surface area (Å²) in [5.74, 6) is -1.01. The zero-order valence-electron chi connectivity index (χ0n) is 10.9. The highest BCUT2D eigenvalue weighted by atomic mass is 19.1. The van der Waals surface area contributed by atoms with Gasteiger partial charge in [-0.2, -0.15) is 4.39 Å². The Morgan fingerprint density at radius 2 is 2.05 bits per heavy atom. The number of halogens is 1. The molecule has 0 aromatic heterocycles. The Kier molecular flexibility index (Phi) is 4.49. The Morgan fingerprint density at radius 1 is 1.35 bits per heavy atom. The lowest BCUT2D eigenvalue weighted by atomic mass is 10.1. The molecule has 0 unspecified atom stereocenters. The minimum atomic E-state index is -0.974. The predicted octanol–water partition coefficient (Wildman–Crippen LogP) is 2.13. The molecule has 1 aromatic rings. The molecule has 1 aliphatic rings. The van der Waals surface area contributed by atoms with Crippen LogP contribution in [0.1, 0.15) is 19.3 Å². The van der Waals surface area contributed by atoms with Crippen molar-refractivity contribution >= 4 is 11.6 Å². The van der Waals surface area contributed by atoms with Gasteiger partial charge >= 0.3 is 5.69 Å². The van der Waals surface area contributed by atoms with Crippen molar-refractivity contribution < 1.29 is 18.8 Å². The third-order valence-electron chi connectivity index (χ3n) is 3.19. The Bertz CT molecular complexity index is 515. The number of carbonyl (C=O) groups excluding carboxylic acids is 1. The first-order valence-electron chi connectivity index (χ1n) is 6.42. The van der Waals surface area contributed by atoms with E-state index in [1.165, 1.54) is 6.07 Å². The van der Waals surface area contributed by atoms with Crippen molar-refractivity contribution in [3.8, 4) is 5.75 Å². The number of rotatable bonds is 4. The lowest BCUT2D eigenvalue weighted by Gasteiger charge is -2.26. The fourth-order valence-corrected chi connectivity index (χ4v) is 2.11. The molecule has 20 heavy (non-hydrogen) atoms. The summed E-state index contributed by atoms with van der Waals surface area (Å²) < 4.78 is 18.5. The molecule has 0 saturated carbocycles. The lowest BCUT2D eigenvalue weighted by molar-refractivity contribution is -0.387. The minimum absolute atomic E-state index is 0.110. The number of amides is 1. The summed E-state index contributed by atoms with van der Waals surface area (Å²) >= 11 is 0. The van der Waals surface area contributed by atoms with Crippen molar-refractivity contribution in [2.45, 2.75) is 19.3 Å². The van der Waals surface area contributed by atoms with Crippen LogP contribution in [0.25, 0.3) is 0 Å². The van der Waals surface area contributed by atoms with Crippen LogP contribution in [0, 0.1) is 15.9 Å². The molecule has 1 aliphatic heterocycles. The van der Waals surface area contributed by atoms with Gasteiger partial charge in [0.25, 0.3) is 5.91 Å². The van der Waals surface area contributed by atoms with Crippen molar-refractivity contribution in [2.24, 2.45) is 0 Å². The molecule has 1 heterocycles. The number of piperidine rings is 1. The summed E-state index contributed by atoms with van der Waals surface area (Å²) in [6.45, 7) is 1.25. The van der Waals surface area contributed by atoms with Gasteiger partial charge in [0.05, 0.1) is 4.92 Å². The molecule has 6 nitrogen and oxygen atoms in total. The van der Waals surface area contributed by atoms with Crippen LogP contribution in [0.5, 0.6) is 5.75 Å². The van der Waals surface area contributed by atoms with Gasteiger partial charge in [-0.25, -0.2) is 0 Å². The van der Waals surface area contributed by atoms with E-state index in [0.29, 0.717) is 0 Å². The number of hydrogen-bond donors (Lipinski definition) is 0. The summed E-state index contributed by atoms with van der Waals surface area (Å²) in [7, 11) is 0. The standard InChI is InChI=1S/C13H15FN2O4/c14-11-8-10(4-5-12(11)16(18)19)20-9-13(17)15-6-2-1-3-7-15/h4-5,8H,1-3,6-7,9H2. The normalized spacial score (nSPS) is 14.9. The third kappa shape index (κ3) is 3.43. The maximum absolute atomic E-state index is 13.4.